The third-order valence-corrected chi connectivity index (χ3v) is 4.34. The van der Waals surface area contributed by atoms with Crippen LogP contribution in [0.2, 0.25) is 0 Å². The molecule has 1 aliphatic rings. The molecule has 118 valence electrons. The fourth-order valence-electron chi connectivity index (χ4n) is 3.07. The summed E-state index contributed by atoms with van der Waals surface area (Å²) in [6, 6.07) is 9.73. The minimum atomic E-state index is 0.418. The number of nitrogens with one attached hydrogen (secondary N) is 1. The minimum absolute atomic E-state index is 0.418. The average molecular weight is 290 g/mol. The van der Waals surface area contributed by atoms with E-state index in [1.165, 1.54) is 31.4 Å². The van der Waals surface area contributed by atoms with Gasteiger partial charge in [-0.15, -0.1) is 0 Å². The summed E-state index contributed by atoms with van der Waals surface area (Å²) in [5.41, 5.74) is 1.37. The molecule has 1 saturated heterocycles. The molecule has 1 N–H and O–H groups in total. The Bertz CT molecular complexity index is 404. The van der Waals surface area contributed by atoms with E-state index in [-0.39, 0.29) is 0 Å². The lowest BCUT2D eigenvalue weighted by atomic mass is 10.1. The van der Waals surface area contributed by atoms with Gasteiger partial charge in [0.2, 0.25) is 0 Å². The molecule has 2 rings (SSSR count). The lowest BCUT2D eigenvalue weighted by Crippen LogP contribution is -2.37. The Hall–Kier alpha value is -1.06. The van der Waals surface area contributed by atoms with Crippen LogP contribution in [0, 0.1) is 0 Å². The van der Waals surface area contributed by atoms with Crippen LogP contribution in [0.3, 0.4) is 0 Å². The summed E-state index contributed by atoms with van der Waals surface area (Å²) < 4.78 is 5.54. The average Bonchev–Trinajstić information content (AvgIpc) is 2.90. The summed E-state index contributed by atoms with van der Waals surface area (Å²) in [6.07, 6.45) is 3.85. The predicted octanol–water partition coefficient (Wildman–Crippen LogP) is 3.61. The smallest absolute Gasteiger partial charge is 0.119 e. The quantitative estimate of drug-likeness (QED) is 0.791. The maximum absolute atomic E-state index is 5.54. The first kappa shape index (κ1) is 16.3. The third kappa shape index (κ3) is 4.72. The zero-order chi connectivity index (χ0) is 15.1. The number of nitrogens with zero attached hydrogens (tertiary/aromatic N) is 1. The molecule has 2 unspecified atom stereocenters. The van der Waals surface area contributed by atoms with Crippen LogP contribution in [-0.2, 0) is 0 Å². The van der Waals surface area contributed by atoms with Gasteiger partial charge < -0.3 is 10.1 Å². The van der Waals surface area contributed by atoms with E-state index < -0.39 is 0 Å². The third-order valence-electron chi connectivity index (χ3n) is 4.34. The van der Waals surface area contributed by atoms with Crippen LogP contribution in [0.25, 0.3) is 0 Å². The van der Waals surface area contributed by atoms with Gasteiger partial charge in [0, 0.05) is 18.6 Å². The van der Waals surface area contributed by atoms with Crippen molar-refractivity contribution in [1.82, 2.24) is 10.2 Å². The van der Waals surface area contributed by atoms with Crippen molar-refractivity contribution in [3.8, 4) is 5.75 Å². The van der Waals surface area contributed by atoms with Crippen LogP contribution in [0.1, 0.15) is 51.6 Å². The molecule has 0 bridgehead atoms. The normalized spacial score (nSPS) is 20.6. The van der Waals surface area contributed by atoms with Crippen molar-refractivity contribution in [3.63, 3.8) is 0 Å². The van der Waals surface area contributed by atoms with Gasteiger partial charge in [0.1, 0.15) is 5.75 Å². The molecule has 3 heteroatoms. The Balaban J connectivity index is 2.03. The molecule has 0 amide bonds. The van der Waals surface area contributed by atoms with Crippen LogP contribution in [-0.4, -0.2) is 37.2 Å². The van der Waals surface area contributed by atoms with Crippen LogP contribution >= 0.6 is 0 Å². The monoisotopic (exact) mass is 290 g/mol. The molecule has 0 aliphatic carbocycles. The molecule has 3 nitrogen and oxygen atoms in total. The molecule has 1 aromatic carbocycles. The first-order valence-electron chi connectivity index (χ1n) is 8.44. The molecule has 1 fully saturated rings. The first-order valence-corrected chi connectivity index (χ1v) is 8.44. The van der Waals surface area contributed by atoms with Crippen LogP contribution in [0.4, 0.5) is 0 Å². The summed E-state index contributed by atoms with van der Waals surface area (Å²) >= 11 is 0. The Morgan fingerprint density at radius 2 is 2.05 bits per heavy atom. The van der Waals surface area contributed by atoms with Gasteiger partial charge in [0.25, 0.3) is 0 Å². The standard InChI is InChI=1S/C18H30N2O/c1-4-12-19-18(14-20-13-6-7-15(20)3)16-8-10-17(11-9-16)21-5-2/h8-11,15,18-19H,4-7,12-14H2,1-3H3. The van der Waals surface area contributed by atoms with Gasteiger partial charge in [-0.2, -0.15) is 0 Å². The number of rotatable bonds is 8. The Labute approximate surface area is 129 Å². The zero-order valence-corrected chi connectivity index (χ0v) is 13.8. The van der Waals surface area contributed by atoms with E-state index in [4.69, 9.17) is 4.74 Å². The second kappa shape index (κ2) is 8.40. The summed E-state index contributed by atoms with van der Waals surface area (Å²) in [7, 11) is 0. The molecule has 0 radical (unpaired) electrons. The molecule has 1 aliphatic heterocycles. The zero-order valence-electron chi connectivity index (χ0n) is 13.8. The van der Waals surface area contributed by atoms with Crippen molar-refractivity contribution >= 4 is 0 Å². The van der Waals surface area contributed by atoms with Gasteiger partial charge in [-0.1, -0.05) is 19.1 Å². The van der Waals surface area contributed by atoms with E-state index in [0.29, 0.717) is 6.04 Å². The van der Waals surface area contributed by atoms with E-state index in [2.05, 4.69) is 48.3 Å². The van der Waals surface area contributed by atoms with Crippen molar-refractivity contribution in [2.24, 2.45) is 0 Å². The highest BCUT2D eigenvalue weighted by molar-refractivity contribution is 5.29. The van der Waals surface area contributed by atoms with Crippen molar-refractivity contribution in [2.45, 2.75) is 52.1 Å². The van der Waals surface area contributed by atoms with E-state index in [1.54, 1.807) is 0 Å². The number of ether oxygens (including phenoxy) is 1. The van der Waals surface area contributed by atoms with Crippen molar-refractivity contribution in [3.05, 3.63) is 29.8 Å². The first-order chi connectivity index (χ1) is 10.2. The molecule has 1 heterocycles. The molecular weight excluding hydrogens is 260 g/mol. The molecule has 0 aromatic heterocycles. The number of benzene rings is 1. The Morgan fingerprint density at radius 3 is 2.62 bits per heavy atom. The van der Waals surface area contributed by atoms with Gasteiger partial charge in [-0.05, 0) is 63.9 Å². The van der Waals surface area contributed by atoms with Crippen LogP contribution < -0.4 is 10.1 Å². The van der Waals surface area contributed by atoms with Crippen molar-refractivity contribution in [1.29, 1.82) is 0 Å². The van der Waals surface area contributed by atoms with Gasteiger partial charge >= 0.3 is 0 Å². The van der Waals surface area contributed by atoms with Gasteiger partial charge in [-0.3, -0.25) is 4.90 Å². The number of likely N-dealkylation sites (tertiary alicyclic amines) is 1. The van der Waals surface area contributed by atoms with E-state index in [9.17, 15) is 0 Å². The Morgan fingerprint density at radius 1 is 1.29 bits per heavy atom. The highest BCUT2D eigenvalue weighted by Crippen LogP contribution is 2.23. The summed E-state index contributed by atoms with van der Waals surface area (Å²) in [5.74, 6) is 0.963. The fourth-order valence-corrected chi connectivity index (χ4v) is 3.07. The van der Waals surface area contributed by atoms with Crippen LogP contribution in [0.15, 0.2) is 24.3 Å². The van der Waals surface area contributed by atoms with Gasteiger partial charge in [-0.25, -0.2) is 0 Å². The van der Waals surface area contributed by atoms with Crippen molar-refractivity contribution < 1.29 is 4.74 Å². The summed E-state index contributed by atoms with van der Waals surface area (Å²) in [6.45, 7) is 10.7. The highest BCUT2D eigenvalue weighted by Gasteiger charge is 2.23. The van der Waals surface area contributed by atoms with Gasteiger partial charge in [0.05, 0.1) is 6.61 Å². The molecule has 1 aromatic rings. The maximum Gasteiger partial charge on any atom is 0.119 e. The number of hydrogen-bond acceptors (Lipinski definition) is 3. The molecule has 21 heavy (non-hydrogen) atoms. The van der Waals surface area contributed by atoms with Gasteiger partial charge in [0.15, 0.2) is 0 Å². The predicted molar refractivity (Wildman–Crippen MR) is 88.9 cm³/mol. The molecule has 0 spiro atoms. The van der Waals surface area contributed by atoms with E-state index in [0.717, 1.165) is 31.5 Å². The van der Waals surface area contributed by atoms with Crippen LogP contribution in [0.5, 0.6) is 5.75 Å². The van der Waals surface area contributed by atoms with Crippen molar-refractivity contribution in [2.75, 3.05) is 26.2 Å². The molecule has 2 atom stereocenters. The van der Waals surface area contributed by atoms with E-state index >= 15 is 0 Å². The fraction of sp³-hybridized carbons (Fsp3) is 0.667. The second-order valence-corrected chi connectivity index (χ2v) is 5.99. The number of hydrogen-bond donors (Lipinski definition) is 1. The molecular formula is C18H30N2O. The lowest BCUT2D eigenvalue weighted by Gasteiger charge is -2.28. The maximum atomic E-state index is 5.54. The summed E-state index contributed by atoms with van der Waals surface area (Å²) in [4.78, 5) is 2.61. The topological polar surface area (TPSA) is 24.5 Å². The summed E-state index contributed by atoms with van der Waals surface area (Å²) in [5, 5.41) is 3.70. The molecule has 0 saturated carbocycles. The second-order valence-electron chi connectivity index (χ2n) is 5.99. The SMILES string of the molecule is CCCNC(CN1CCCC1C)c1ccc(OCC)cc1. The highest BCUT2D eigenvalue weighted by atomic mass is 16.5. The Kier molecular flexibility index (Phi) is 6.52. The van der Waals surface area contributed by atoms with E-state index in [1.807, 2.05) is 6.92 Å². The minimum Gasteiger partial charge on any atom is -0.494 e. The largest absolute Gasteiger partial charge is 0.494 e. The lowest BCUT2D eigenvalue weighted by molar-refractivity contribution is 0.237.